The molecule has 0 aromatic heterocycles. The Hall–Kier alpha value is -1.98. The molecule has 0 amide bonds. The van der Waals surface area contributed by atoms with Crippen LogP contribution in [0.5, 0.6) is 0 Å². The minimum Gasteiger partial charge on any atom is -0.481 e. The number of carbonyl (C=O) groups is 4. The fourth-order valence-electron chi connectivity index (χ4n) is 0.279. The SMILES string of the molecule is CC(=O)O.CC(=O)O.CC(=O)O.CC(=O)O.N.N.N.O=S(=O)(O)OCCOS(=O)(=O)O.[Fe]. The summed E-state index contributed by atoms with van der Waals surface area (Å²) in [6.07, 6.45) is 0. The molecule has 19 nitrogen and oxygen atoms in total. The molecule has 0 saturated carbocycles. The Labute approximate surface area is 195 Å². The summed E-state index contributed by atoms with van der Waals surface area (Å²) in [5.74, 6) is -3.33. The second-order valence-corrected chi connectivity index (χ2v) is 5.76. The van der Waals surface area contributed by atoms with Crippen LogP contribution in [0.25, 0.3) is 0 Å². The molecule has 0 fully saturated rings. The van der Waals surface area contributed by atoms with Crippen molar-refractivity contribution in [3.05, 3.63) is 0 Å². The van der Waals surface area contributed by atoms with E-state index in [0.29, 0.717) is 0 Å². The number of hydrogen-bond donors (Lipinski definition) is 9. The molecule has 0 heterocycles. The summed E-state index contributed by atoms with van der Waals surface area (Å²) in [6, 6.07) is 0. The van der Waals surface area contributed by atoms with E-state index in [1.54, 1.807) is 0 Å². The van der Waals surface area contributed by atoms with Gasteiger partial charge in [-0.25, -0.2) is 8.37 Å². The van der Waals surface area contributed by atoms with E-state index in [-0.39, 0.29) is 35.5 Å². The van der Waals surface area contributed by atoms with Gasteiger partial charge in [0.05, 0.1) is 13.2 Å². The average molecular weight is 569 g/mol. The minimum atomic E-state index is -4.60. The fraction of sp³-hybridized carbons (Fsp3) is 0.600. The maximum atomic E-state index is 9.82. The molecule has 0 unspecified atom stereocenters. The summed E-state index contributed by atoms with van der Waals surface area (Å²) in [5.41, 5.74) is 0. The van der Waals surface area contributed by atoms with Crippen LogP contribution in [0.1, 0.15) is 27.7 Å². The van der Waals surface area contributed by atoms with E-state index in [1.165, 1.54) is 0 Å². The Kier molecular flexibility index (Phi) is 60.2. The zero-order valence-corrected chi connectivity index (χ0v) is 20.2. The van der Waals surface area contributed by atoms with Crippen molar-refractivity contribution in [2.45, 2.75) is 27.7 Å². The fourth-order valence-corrected chi connectivity index (χ4v) is 0.836. The average Bonchev–Trinajstić information content (AvgIpc) is 2.29. The summed E-state index contributed by atoms with van der Waals surface area (Å²) < 4.78 is 62.4. The zero-order valence-electron chi connectivity index (χ0n) is 17.5. The van der Waals surface area contributed by atoms with Crippen LogP contribution in [0.15, 0.2) is 0 Å². The Bertz CT molecular complexity index is 570. The monoisotopic (exact) mass is 569 g/mol. The van der Waals surface area contributed by atoms with Crippen molar-refractivity contribution in [2.24, 2.45) is 0 Å². The van der Waals surface area contributed by atoms with Crippen molar-refractivity contribution in [1.82, 2.24) is 18.5 Å². The Morgan fingerprint density at radius 1 is 0.562 bits per heavy atom. The van der Waals surface area contributed by atoms with Gasteiger partial charge in [-0.05, 0) is 0 Å². The van der Waals surface area contributed by atoms with Crippen molar-refractivity contribution in [3.63, 3.8) is 0 Å². The van der Waals surface area contributed by atoms with E-state index in [2.05, 4.69) is 8.37 Å². The number of aliphatic carboxylic acids is 4. The molecule has 202 valence electrons. The van der Waals surface area contributed by atoms with E-state index >= 15 is 0 Å². The van der Waals surface area contributed by atoms with Gasteiger partial charge in [0.1, 0.15) is 0 Å². The standard InChI is InChI=1S/C2H6O8S2.4C2H4O2.Fe.3H3N/c3-11(4,5)9-1-2-10-12(6,7)8;4*1-2(3)4;;;;/h1-2H2,(H,3,4,5)(H,6,7,8);4*1H3,(H,3,4);;3*1H3. The summed E-state index contributed by atoms with van der Waals surface area (Å²) in [6.45, 7) is 2.91. The predicted octanol–water partition coefficient (Wildman–Crippen LogP) is -0.528. The van der Waals surface area contributed by atoms with Crippen LogP contribution >= 0.6 is 0 Å². The quantitative estimate of drug-likeness (QED) is 0.114. The molecule has 0 radical (unpaired) electrons. The second-order valence-electron chi connectivity index (χ2n) is 3.58. The van der Waals surface area contributed by atoms with Crippen molar-refractivity contribution in [3.8, 4) is 0 Å². The van der Waals surface area contributed by atoms with E-state index in [9.17, 15) is 16.8 Å². The van der Waals surface area contributed by atoms with E-state index < -0.39 is 57.9 Å². The van der Waals surface area contributed by atoms with Crippen LogP contribution in [0, 0.1) is 0 Å². The topological polar surface area (TPSA) is 381 Å². The van der Waals surface area contributed by atoms with Gasteiger partial charge in [-0.2, -0.15) is 16.8 Å². The summed E-state index contributed by atoms with van der Waals surface area (Å²) in [7, 11) is -9.20. The van der Waals surface area contributed by atoms with Crippen molar-refractivity contribution in [2.75, 3.05) is 13.2 Å². The molecule has 0 aromatic carbocycles. The molecule has 0 aliphatic carbocycles. The first-order valence-electron chi connectivity index (χ1n) is 6.15. The van der Waals surface area contributed by atoms with Gasteiger partial charge >= 0.3 is 20.8 Å². The number of carboxylic acids is 4. The summed E-state index contributed by atoms with van der Waals surface area (Å²) >= 11 is 0. The number of carboxylic acid groups (broad SMARTS) is 4. The zero-order chi connectivity index (χ0) is 24.1. The van der Waals surface area contributed by atoms with Crippen LogP contribution in [0.4, 0.5) is 0 Å². The first kappa shape index (κ1) is 57.2. The van der Waals surface area contributed by atoms with Gasteiger partial charge in [-0.15, -0.1) is 0 Å². The smallest absolute Gasteiger partial charge is 0.397 e. The molecular formula is C10H31FeN3O16S2. The molecular weight excluding hydrogens is 538 g/mol. The van der Waals surface area contributed by atoms with Crippen LogP contribution < -0.4 is 18.5 Å². The third-order valence-electron chi connectivity index (χ3n) is 0.548. The maximum absolute atomic E-state index is 9.82. The number of rotatable bonds is 5. The first-order valence-corrected chi connectivity index (χ1v) is 8.88. The molecule has 0 bridgehead atoms. The Morgan fingerprint density at radius 3 is 0.719 bits per heavy atom. The van der Waals surface area contributed by atoms with Gasteiger partial charge < -0.3 is 38.9 Å². The van der Waals surface area contributed by atoms with Gasteiger partial charge in [0.25, 0.3) is 23.9 Å². The Balaban J connectivity index is -0.0000000322. The van der Waals surface area contributed by atoms with Crippen molar-refractivity contribution >= 4 is 44.7 Å². The van der Waals surface area contributed by atoms with Crippen LogP contribution in [0.3, 0.4) is 0 Å². The van der Waals surface area contributed by atoms with Gasteiger partial charge in [-0.1, -0.05) is 0 Å². The van der Waals surface area contributed by atoms with Crippen LogP contribution in [-0.2, 0) is 65.4 Å². The largest absolute Gasteiger partial charge is 0.481 e. The van der Waals surface area contributed by atoms with E-state index in [0.717, 1.165) is 27.7 Å². The molecule has 0 aliphatic heterocycles. The molecule has 0 saturated heterocycles. The number of hydrogen-bond acceptors (Lipinski definition) is 13. The normalized spacial score (nSPS) is 8.06. The molecule has 0 atom stereocenters. The maximum Gasteiger partial charge on any atom is 0.397 e. The van der Waals surface area contributed by atoms with E-state index in [4.69, 9.17) is 48.7 Å². The third kappa shape index (κ3) is 415. The van der Waals surface area contributed by atoms with Gasteiger partial charge in [-0.3, -0.25) is 28.3 Å². The predicted molar refractivity (Wildman–Crippen MR) is 103 cm³/mol. The molecule has 32 heavy (non-hydrogen) atoms. The van der Waals surface area contributed by atoms with Gasteiger partial charge in [0, 0.05) is 44.8 Å². The Morgan fingerprint density at radius 2 is 0.656 bits per heavy atom. The van der Waals surface area contributed by atoms with Crippen molar-refractivity contribution in [1.29, 1.82) is 0 Å². The van der Waals surface area contributed by atoms with Gasteiger partial charge in [0.2, 0.25) is 0 Å². The molecule has 15 N–H and O–H groups in total. The van der Waals surface area contributed by atoms with Crippen LogP contribution in [0.2, 0.25) is 0 Å². The second kappa shape index (κ2) is 33.7. The molecule has 0 aliphatic rings. The first-order chi connectivity index (χ1) is 12.1. The molecule has 0 rings (SSSR count). The van der Waals surface area contributed by atoms with E-state index in [1.807, 2.05) is 0 Å². The summed E-state index contributed by atoms with van der Waals surface area (Å²) in [4.78, 5) is 36.0. The molecule has 22 heteroatoms. The van der Waals surface area contributed by atoms with Gasteiger partial charge in [0.15, 0.2) is 0 Å². The summed E-state index contributed by atoms with van der Waals surface area (Å²) in [5, 5.41) is 29.7. The minimum absolute atomic E-state index is 0. The third-order valence-corrected chi connectivity index (χ3v) is 1.48. The van der Waals surface area contributed by atoms with Crippen molar-refractivity contribution < 1.29 is 91.0 Å². The molecule has 0 aromatic rings. The van der Waals surface area contributed by atoms with Crippen LogP contribution in [-0.4, -0.2) is 83.5 Å². The molecule has 0 spiro atoms.